The molecular formula is C22H39NS. The van der Waals surface area contributed by atoms with E-state index in [2.05, 4.69) is 42.0 Å². The normalized spacial score (nSPS) is 10.9. The van der Waals surface area contributed by atoms with E-state index < -0.39 is 0 Å². The molecule has 1 rings (SSSR count). The van der Waals surface area contributed by atoms with E-state index in [4.69, 9.17) is 0 Å². The minimum atomic E-state index is 1.22. The van der Waals surface area contributed by atoms with Crippen LogP contribution in [-0.4, -0.2) is 5.75 Å². The van der Waals surface area contributed by atoms with Crippen molar-refractivity contribution in [2.75, 3.05) is 10.5 Å². The van der Waals surface area contributed by atoms with Crippen LogP contribution >= 0.6 is 11.9 Å². The van der Waals surface area contributed by atoms with Crippen molar-refractivity contribution >= 4 is 17.6 Å². The van der Waals surface area contributed by atoms with Gasteiger partial charge in [-0.1, -0.05) is 121 Å². The summed E-state index contributed by atoms with van der Waals surface area (Å²) in [4.78, 5) is 0. The number of rotatable bonds is 17. The maximum atomic E-state index is 3.41. The van der Waals surface area contributed by atoms with E-state index >= 15 is 0 Å². The van der Waals surface area contributed by atoms with Gasteiger partial charge in [0.2, 0.25) is 0 Å². The van der Waals surface area contributed by atoms with E-state index in [1.165, 1.54) is 101 Å². The molecule has 0 bridgehead atoms. The summed E-state index contributed by atoms with van der Waals surface area (Å²) in [5, 5.41) is 0. The molecule has 2 heteroatoms. The fraction of sp³-hybridized carbons (Fsp3) is 0.727. The highest BCUT2D eigenvalue weighted by Gasteiger charge is 1.95. The summed E-state index contributed by atoms with van der Waals surface area (Å²) >= 11 is 1.84. The molecule has 0 spiro atoms. The lowest BCUT2D eigenvalue weighted by Gasteiger charge is -2.05. The molecule has 0 saturated carbocycles. The monoisotopic (exact) mass is 349 g/mol. The highest BCUT2D eigenvalue weighted by molar-refractivity contribution is 8.00. The molecule has 1 N–H and O–H groups in total. The smallest absolute Gasteiger partial charge is 0.0440 e. The molecule has 1 nitrogen and oxygen atoms in total. The van der Waals surface area contributed by atoms with Crippen LogP contribution in [0.15, 0.2) is 30.3 Å². The molecule has 0 fully saturated rings. The molecule has 0 heterocycles. The summed E-state index contributed by atoms with van der Waals surface area (Å²) in [5.74, 6) is 1.22. The Hall–Kier alpha value is -0.630. The van der Waals surface area contributed by atoms with Gasteiger partial charge in [-0.25, -0.2) is 0 Å². The molecule has 1 aromatic rings. The predicted octanol–water partition coefficient (Wildman–Crippen LogP) is 8.23. The Morgan fingerprint density at radius 3 is 1.58 bits per heavy atom. The van der Waals surface area contributed by atoms with Gasteiger partial charge in [0.1, 0.15) is 0 Å². The van der Waals surface area contributed by atoms with Crippen molar-refractivity contribution in [1.29, 1.82) is 0 Å². The van der Waals surface area contributed by atoms with E-state index in [0.717, 1.165) is 0 Å². The quantitative estimate of drug-likeness (QED) is 0.224. The second-order valence-corrected chi connectivity index (χ2v) is 7.81. The predicted molar refractivity (Wildman–Crippen MR) is 113 cm³/mol. The third-order valence-corrected chi connectivity index (χ3v) is 5.44. The second kappa shape index (κ2) is 17.2. The first-order valence-corrected chi connectivity index (χ1v) is 11.3. The molecule has 0 unspecified atom stereocenters. The molecule has 0 aliphatic heterocycles. The number of benzene rings is 1. The van der Waals surface area contributed by atoms with Crippen LogP contribution in [0.5, 0.6) is 0 Å². The van der Waals surface area contributed by atoms with Crippen LogP contribution in [0.1, 0.15) is 96.8 Å². The van der Waals surface area contributed by atoms with Gasteiger partial charge in [0, 0.05) is 11.4 Å². The summed E-state index contributed by atoms with van der Waals surface area (Å²) in [6, 6.07) is 10.5. The first-order chi connectivity index (χ1) is 11.9. The summed E-state index contributed by atoms with van der Waals surface area (Å²) in [7, 11) is 0. The van der Waals surface area contributed by atoms with Crippen molar-refractivity contribution < 1.29 is 0 Å². The third-order valence-electron chi connectivity index (χ3n) is 4.56. The van der Waals surface area contributed by atoms with Crippen LogP contribution in [0.3, 0.4) is 0 Å². The van der Waals surface area contributed by atoms with Gasteiger partial charge in [-0.3, -0.25) is 0 Å². The van der Waals surface area contributed by atoms with Crippen LogP contribution in [0.4, 0.5) is 5.69 Å². The fourth-order valence-corrected chi connectivity index (χ4v) is 3.76. The highest BCUT2D eigenvalue weighted by Crippen LogP contribution is 2.15. The van der Waals surface area contributed by atoms with Gasteiger partial charge in [0.15, 0.2) is 0 Å². The molecule has 0 atom stereocenters. The van der Waals surface area contributed by atoms with Gasteiger partial charge in [0.25, 0.3) is 0 Å². The number of nitrogens with one attached hydrogen (secondary N) is 1. The van der Waals surface area contributed by atoms with Crippen LogP contribution in [0.25, 0.3) is 0 Å². The van der Waals surface area contributed by atoms with E-state index in [1.807, 2.05) is 11.9 Å². The summed E-state index contributed by atoms with van der Waals surface area (Å²) in [6.07, 6.45) is 20.1. The Kier molecular flexibility index (Phi) is 15.3. The Labute approximate surface area is 155 Å². The maximum absolute atomic E-state index is 3.41. The second-order valence-electron chi connectivity index (χ2n) is 6.91. The zero-order valence-corrected chi connectivity index (χ0v) is 16.7. The average Bonchev–Trinajstić information content (AvgIpc) is 2.62. The minimum Gasteiger partial charge on any atom is -0.330 e. The Bertz CT molecular complexity index is 352. The Morgan fingerprint density at radius 2 is 1.08 bits per heavy atom. The molecule has 0 radical (unpaired) electrons. The molecule has 0 amide bonds. The topological polar surface area (TPSA) is 12.0 Å². The van der Waals surface area contributed by atoms with Gasteiger partial charge in [-0.05, 0) is 18.6 Å². The summed E-state index contributed by atoms with van der Waals surface area (Å²) in [6.45, 7) is 2.29. The summed E-state index contributed by atoms with van der Waals surface area (Å²) in [5.41, 5.74) is 1.22. The zero-order valence-electron chi connectivity index (χ0n) is 15.9. The van der Waals surface area contributed by atoms with Crippen LogP contribution in [-0.2, 0) is 0 Å². The van der Waals surface area contributed by atoms with Crippen molar-refractivity contribution in [3.8, 4) is 0 Å². The van der Waals surface area contributed by atoms with Gasteiger partial charge < -0.3 is 4.72 Å². The lowest BCUT2D eigenvalue weighted by Crippen LogP contribution is -1.89. The molecular weight excluding hydrogens is 310 g/mol. The number of hydrogen-bond acceptors (Lipinski definition) is 2. The van der Waals surface area contributed by atoms with Crippen LogP contribution in [0, 0.1) is 0 Å². The number of para-hydroxylation sites is 1. The maximum Gasteiger partial charge on any atom is 0.0440 e. The highest BCUT2D eigenvalue weighted by atomic mass is 32.2. The molecule has 24 heavy (non-hydrogen) atoms. The van der Waals surface area contributed by atoms with Crippen molar-refractivity contribution in [3.05, 3.63) is 30.3 Å². The van der Waals surface area contributed by atoms with Crippen molar-refractivity contribution in [2.24, 2.45) is 0 Å². The van der Waals surface area contributed by atoms with E-state index in [1.54, 1.807) is 0 Å². The molecule has 0 aromatic heterocycles. The molecule has 0 aliphatic rings. The first-order valence-electron chi connectivity index (χ1n) is 10.4. The third kappa shape index (κ3) is 13.8. The Morgan fingerprint density at radius 1 is 0.625 bits per heavy atom. The molecule has 0 aliphatic carbocycles. The average molecular weight is 350 g/mol. The van der Waals surface area contributed by atoms with Gasteiger partial charge in [0.05, 0.1) is 0 Å². The molecule has 138 valence electrons. The standard InChI is InChI=1S/C22H39NS/c1-2-3-4-5-6-7-8-9-10-11-12-13-14-18-21-24-23-22-19-16-15-17-20-22/h15-17,19-20,23H,2-14,18,21H2,1H3. The first kappa shape index (κ1) is 21.4. The van der Waals surface area contributed by atoms with Crippen LogP contribution < -0.4 is 4.72 Å². The number of hydrogen-bond donors (Lipinski definition) is 1. The van der Waals surface area contributed by atoms with Gasteiger partial charge in [-0.15, -0.1) is 0 Å². The SMILES string of the molecule is CCCCCCCCCCCCCCCCSNc1ccccc1. The number of anilines is 1. The lowest BCUT2D eigenvalue weighted by atomic mass is 10.0. The number of unbranched alkanes of at least 4 members (excludes halogenated alkanes) is 13. The van der Waals surface area contributed by atoms with Crippen molar-refractivity contribution in [1.82, 2.24) is 0 Å². The van der Waals surface area contributed by atoms with E-state index in [9.17, 15) is 0 Å². The van der Waals surface area contributed by atoms with Gasteiger partial charge in [-0.2, -0.15) is 0 Å². The fourth-order valence-electron chi connectivity index (χ4n) is 3.01. The molecule has 1 aromatic carbocycles. The molecule has 0 saturated heterocycles. The van der Waals surface area contributed by atoms with E-state index in [0.29, 0.717) is 0 Å². The largest absolute Gasteiger partial charge is 0.330 e. The van der Waals surface area contributed by atoms with Crippen molar-refractivity contribution in [3.63, 3.8) is 0 Å². The summed E-state index contributed by atoms with van der Waals surface area (Å²) < 4.78 is 3.41. The zero-order chi connectivity index (χ0) is 17.1. The minimum absolute atomic E-state index is 1.22. The lowest BCUT2D eigenvalue weighted by molar-refractivity contribution is 0.538. The van der Waals surface area contributed by atoms with Crippen LogP contribution in [0.2, 0.25) is 0 Å². The Balaban J connectivity index is 1.70. The van der Waals surface area contributed by atoms with Crippen molar-refractivity contribution in [2.45, 2.75) is 96.8 Å². The van der Waals surface area contributed by atoms with E-state index in [-0.39, 0.29) is 0 Å². The van der Waals surface area contributed by atoms with Gasteiger partial charge >= 0.3 is 0 Å².